The third-order valence-corrected chi connectivity index (χ3v) is 3.88. The molecule has 0 atom stereocenters. The molecular weight excluding hydrogens is 298 g/mol. The van der Waals surface area contributed by atoms with Crippen molar-refractivity contribution in [3.8, 4) is 0 Å². The molecule has 3 rings (SSSR count). The van der Waals surface area contributed by atoms with Gasteiger partial charge in [-0.15, -0.1) is 0 Å². The van der Waals surface area contributed by atoms with Crippen LogP contribution in [0.1, 0.15) is 15.9 Å². The zero-order chi connectivity index (χ0) is 15.5. The molecule has 3 aromatic carbocycles. The minimum absolute atomic E-state index is 0.109. The number of carboxylic acids is 1. The van der Waals surface area contributed by atoms with E-state index in [0.717, 1.165) is 5.69 Å². The highest BCUT2D eigenvalue weighted by Crippen LogP contribution is 2.23. The summed E-state index contributed by atoms with van der Waals surface area (Å²) in [6.07, 6.45) is 0. The molecule has 0 aliphatic rings. The Labute approximate surface area is 133 Å². The van der Waals surface area contributed by atoms with Crippen molar-refractivity contribution in [1.82, 2.24) is 0 Å². The maximum absolute atomic E-state index is 11.0. The van der Waals surface area contributed by atoms with E-state index in [1.807, 2.05) is 18.2 Å². The molecule has 0 aliphatic carbocycles. The number of fused-ring (bicyclic) bond motifs is 1. The first-order valence-corrected chi connectivity index (χ1v) is 7.26. The number of rotatable bonds is 4. The third-order valence-electron chi connectivity index (χ3n) is 3.56. The van der Waals surface area contributed by atoms with Gasteiger partial charge in [0, 0.05) is 12.2 Å². The molecule has 0 fully saturated rings. The molecule has 3 aromatic rings. The molecule has 3 nitrogen and oxygen atoms in total. The van der Waals surface area contributed by atoms with Gasteiger partial charge in [-0.25, -0.2) is 4.79 Å². The van der Waals surface area contributed by atoms with Crippen LogP contribution in [0, 0.1) is 0 Å². The van der Waals surface area contributed by atoms with Gasteiger partial charge in [0.2, 0.25) is 0 Å². The Balaban J connectivity index is 1.82. The van der Waals surface area contributed by atoms with Crippen molar-refractivity contribution in [3.05, 3.63) is 76.8 Å². The normalized spacial score (nSPS) is 10.6. The predicted molar refractivity (Wildman–Crippen MR) is 89.7 cm³/mol. The number of halogens is 1. The van der Waals surface area contributed by atoms with Gasteiger partial charge in [-0.1, -0.05) is 54.1 Å². The van der Waals surface area contributed by atoms with Crippen LogP contribution in [0.25, 0.3) is 10.8 Å². The third kappa shape index (κ3) is 2.90. The zero-order valence-electron chi connectivity index (χ0n) is 11.7. The summed E-state index contributed by atoms with van der Waals surface area (Å²) in [6, 6.07) is 19.3. The molecule has 22 heavy (non-hydrogen) atoms. The fourth-order valence-electron chi connectivity index (χ4n) is 2.44. The molecule has 0 aliphatic heterocycles. The van der Waals surface area contributed by atoms with Crippen LogP contribution in [0.15, 0.2) is 60.7 Å². The highest BCUT2D eigenvalue weighted by atomic mass is 35.5. The monoisotopic (exact) mass is 311 g/mol. The standard InChI is InChI=1S/C18H14ClNO2/c19-17-10-14(8-9-16(17)18(21)22)20-11-13-6-3-5-12-4-1-2-7-15(12)13/h1-10,20H,11H2,(H,21,22). The number of aromatic carboxylic acids is 1. The SMILES string of the molecule is O=C(O)c1ccc(NCc2cccc3ccccc23)cc1Cl. The Morgan fingerprint density at radius 2 is 1.82 bits per heavy atom. The van der Waals surface area contributed by atoms with Crippen LogP contribution in [0.3, 0.4) is 0 Å². The summed E-state index contributed by atoms with van der Waals surface area (Å²) in [5.41, 5.74) is 2.08. The molecule has 0 bridgehead atoms. The number of nitrogens with one attached hydrogen (secondary N) is 1. The van der Waals surface area contributed by atoms with Gasteiger partial charge in [0.15, 0.2) is 0 Å². The molecule has 0 spiro atoms. The van der Waals surface area contributed by atoms with Crippen molar-refractivity contribution in [3.63, 3.8) is 0 Å². The Morgan fingerprint density at radius 1 is 1.05 bits per heavy atom. The van der Waals surface area contributed by atoms with Crippen molar-refractivity contribution < 1.29 is 9.90 Å². The Kier molecular flexibility index (Phi) is 3.98. The summed E-state index contributed by atoms with van der Waals surface area (Å²) in [6.45, 7) is 0.643. The molecule has 0 amide bonds. The number of hydrogen-bond acceptors (Lipinski definition) is 2. The molecule has 0 saturated carbocycles. The molecule has 0 radical (unpaired) electrons. The van der Waals surface area contributed by atoms with E-state index in [1.54, 1.807) is 12.1 Å². The number of anilines is 1. The van der Waals surface area contributed by atoms with Gasteiger partial charge in [-0.05, 0) is 34.5 Å². The summed E-state index contributed by atoms with van der Waals surface area (Å²) in [5.74, 6) is -1.02. The molecule has 4 heteroatoms. The highest BCUT2D eigenvalue weighted by molar-refractivity contribution is 6.33. The average Bonchev–Trinajstić information content (AvgIpc) is 2.52. The predicted octanol–water partition coefficient (Wildman–Crippen LogP) is 4.80. The van der Waals surface area contributed by atoms with Gasteiger partial charge in [-0.3, -0.25) is 0 Å². The van der Waals surface area contributed by atoms with Crippen molar-refractivity contribution in [2.45, 2.75) is 6.54 Å². The van der Waals surface area contributed by atoms with Crippen LogP contribution in [0.2, 0.25) is 5.02 Å². The molecule has 0 unspecified atom stereocenters. The van der Waals surface area contributed by atoms with Gasteiger partial charge in [0.1, 0.15) is 0 Å². The molecular formula is C18H14ClNO2. The largest absolute Gasteiger partial charge is 0.478 e. The van der Waals surface area contributed by atoms with E-state index in [0.29, 0.717) is 6.54 Å². The highest BCUT2D eigenvalue weighted by Gasteiger charge is 2.09. The first-order chi connectivity index (χ1) is 10.6. The van der Waals surface area contributed by atoms with E-state index in [9.17, 15) is 4.79 Å². The fraction of sp³-hybridized carbons (Fsp3) is 0.0556. The van der Waals surface area contributed by atoms with E-state index >= 15 is 0 Å². The summed E-state index contributed by atoms with van der Waals surface area (Å²) >= 11 is 5.98. The summed E-state index contributed by atoms with van der Waals surface area (Å²) in [5, 5.41) is 14.9. The Bertz CT molecular complexity index is 840. The Hall–Kier alpha value is -2.52. The van der Waals surface area contributed by atoms with Crippen molar-refractivity contribution in [2.24, 2.45) is 0 Å². The summed E-state index contributed by atoms with van der Waals surface area (Å²) < 4.78 is 0. The van der Waals surface area contributed by atoms with Crippen LogP contribution in [0.5, 0.6) is 0 Å². The lowest BCUT2D eigenvalue weighted by molar-refractivity contribution is 0.0697. The average molecular weight is 312 g/mol. The van der Waals surface area contributed by atoms with Crippen LogP contribution >= 0.6 is 11.6 Å². The maximum Gasteiger partial charge on any atom is 0.337 e. The number of benzene rings is 3. The van der Waals surface area contributed by atoms with Crippen molar-refractivity contribution in [2.75, 3.05) is 5.32 Å². The second-order valence-electron chi connectivity index (χ2n) is 4.99. The van der Waals surface area contributed by atoms with E-state index < -0.39 is 5.97 Å². The first kappa shape index (κ1) is 14.4. The minimum atomic E-state index is -1.02. The van der Waals surface area contributed by atoms with Gasteiger partial charge < -0.3 is 10.4 Å². The Morgan fingerprint density at radius 3 is 2.59 bits per heavy atom. The first-order valence-electron chi connectivity index (χ1n) is 6.88. The topological polar surface area (TPSA) is 49.3 Å². The van der Waals surface area contributed by atoms with E-state index in [2.05, 4.69) is 29.6 Å². The van der Waals surface area contributed by atoms with Gasteiger partial charge in [0.25, 0.3) is 0 Å². The molecule has 0 saturated heterocycles. The van der Waals surface area contributed by atoms with E-state index in [4.69, 9.17) is 16.7 Å². The number of carboxylic acid groups (broad SMARTS) is 1. The second-order valence-corrected chi connectivity index (χ2v) is 5.40. The quantitative estimate of drug-likeness (QED) is 0.727. The smallest absolute Gasteiger partial charge is 0.337 e. The fourth-order valence-corrected chi connectivity index (χ4v) is 2.70. The van der Waals surface area contributed by atoms with Crippen molar-refractivity contribution in [1.29, 1.82) is 0 Å². The van der Waals surface area contributed by atoms with Gasteiger partial charge >= 0.3 is 5.97 Å². The molecule has 2 N–H and O–H groups in total. The van der Waals surface area contributed by atoms with Crippen LogP contribution in [-0.4, -0.2) is 11.1 Å². The summed E-state index contributed by atoms with van der Waals surface area (Å²) in [4.78, 5) is 11.0. The van der Waals surface area contributed by atoms with E-state index in [-0.39, 0.29) is 10.6 Å². The molecule has 0 aromatic heterocycles. The van der Waals surface area contributed by atoms with Crippen LogP contribution in [-0.2, 0) is 6.54 Å². The lowest BCUT2D eigenvalue weighted by atomic mass is 10.0. The van der Waals surface area contributed by atoms with Crippen LogP contribution in [0.4, 0.5) is 5.69 Å². The number of hydrogen-bond donors (Lipinski definition) is 2. The van der Waals surface area contributed by atoms with Gasteiger partial charge in [-0.2, -0.15) is 0 Å². The minimum Gasteiger partial charge on any atom is -0.478 e. The zero-order valence-corrected chi connectivity index (χ0v) is 12.5. The van der Waals surface area contributed by atoms with E-state index in [1.165, 1.54) is 22.4 Å². The number of carbonyl (C=O) groups is 1. The molecule has 110 valence electrons. The molecule has 0 heterocycles. The second kappa shape index (κ2) is 6.08. The summed E-state index contributed by atoms with van der Waals surface area (Å²) in [7, 11) is 0. The lowest BCUT2D eigenvalue weighted by Crippen LogP contribution is -2.02. The maximum atomic E-state index is 11.0. The van der Waals surface area contributed by atoms with Crippen molar-refractivity contribution >= 4 is 34.0 Å². The lowest BCUT2D eigenvalue weighted by Gasteiger charge is -2.10. The van der Waals surface area contributed by atoms with Gasteiger partial charge in [0.05, 0.1) is 10.6 Å². The van der Waals surface area contributed by atoms with Crippen LogP contribution < -0.4 is 5.32 Å².